The van der Waals surface area contributed by atoms with Crippen LogP contribution in [0.15, 0.2) is 46.2 Å². The zero-order valence-corrected chi connectivity index (χ0v) is 14.9. The van der Waals surface area contributed by atoms with E-state index in [1.54, 1.807) is 30.7 Å². The Morgan fingerprint density at radius 3 is 2.83 bits per heavy atom. The molecule has 0 atom stereocenters. The number of pyridine rings is 1. The number of benzene rings is 1. The minimum Gasteiger partial charge on any atom is -0.503 e. The molecule has 24 heavy (non-hydrogen) atoms. The fraction of sp³-hybridized carbons (Fsp3) is 0.0667. The summed E-state index contributed by atoms with van der Waals surface area (Å²) < 4.78 is 7.51. The minimum absolute atomic E-state index is 0.0343. The van der Waals surface area contributed by atoms with Crippen molar-refractivity contribution in [2.45, 2.75) is 0 Å². The largest absolute Gasteiger partial charge is 0.503 e. The highest BCUT2D eigenvalue weighted by atomic mass is 79.9. The van der Waals surface area contributed by atoms with Gasteiger partial charge in [0.2, 0.25) is 4.77 Å². The van der Waals surface area contributed by atoms with E-state index in [4.69, 9.17) is 17.0 Å². The molecule has 0 aliphatic heterocycles. The second-order valence-corrected chi connectivity index (χ2v) is 5.94. The van der Waals surface area contributed by atoms with Gasteiger partial charge in [-0.05, 0) is 58.0 Å². The van der Waals surface area contributed by atoms with Crippen molar-refractivity contribution in [2.75, 3.05) is 7.11 Å². The zero-order chi connectivity index (χ0) is 17.1. The first-order chi connectivity index (χ1) is 11.6. The molecule has 2 heterocycles. The number of phenolic OH excluding ortho intramolecular Hbond substituents is 1. The first-order valence-electron chi connectivity index (χ1n) is 6.79. The monoisotopic (exact) mass is 405 g/mol. The normalized spacial score (nSPS) is 11.1. The van der Waals surface area contributed by atoms with Crippen LogP contribution in [0.2, 0.25) is 0 Å². The van der Waals surface area contributed by atoms with Crippen LogP contribution in [0.25, 0.3) is 11.4 Å². The smallest absolute Gasteiger partial charge is 0.216 e. The van der Waals surface area contributed by atoms with Gasteiger partial charge in [-0.2, -0.15) is 14.9 Å². The van der Waals surface area contributed by atoms with Crippen molar-refractivity contribution in [2.24, 2.45) is 5.10 Å². The molecule has 2 aromatic heterocycles. The Kier molecular flexibility index (Phi) is 4.72. The van der Waals surface area contributed by atoms with Gasteiger partial charge in [-0.1, -0.05) is 0 Å². The quantitative estimate of drug-likeness (QED) is 0.513. The van der Waals surface area contributed by atoms with Crippen LogP contribution in [0.3, 0.4) is 0 Å². The van der Waals surface area contributed by atoms with Gasteiger partial charge in [0.05, 0.1) is 17.8 Å². The van der Waals surface area contributed by atoms with E-state index in [1.165, 1.54) is 11.8 Å². The summed E-state index contributed by atoms with van der Waals surface area (Å²) in [6.07, 6.45) is 4.94. The Balaban J connectivity index is 2.01. The lowest BCUT2D eigenvalue weighted by Gasteiger charge is -2.06. The molecule has 0 unspecified atom stereocenters. The lowest BCUT2D eigenvalue weighted by molar-refractivity contribution is 0.372. The van der Waals surface area contributed by atoms with Gasteiger partial charge in [-0.15, -0.1) is 0 Å². The highest BCUT2D eigenvalue weighted by molar-refractivity contribution is 9.10. The van der Waals surface area contributed by atoms with Gasteiger partial charge in [0, 0.05) is 18.0 Å². The Morgan fingerprint density at radius 2 is 2.12 bits per heavy atom. The van der Waals surface area contributed by atoms with E-state index < -0.39 is 0 Å². The van der Waals surface area contributed by atoms with E-state index in [-0.39, 0.29) is 5.75 Å². The van der Waals surface area contributed by atoms with E-state index in [1.807, 2.05) is 12.1 Å². The predicted octanol–water partition coefficient (Wildman–Crippen LogP) is 3.36. The zero-order valence-electron chi connectivity index (χ0n) is 12.5. The molecule has 3 rings (SSSR count). The Morgan fingerprint density at radius 1 is 1.38 bits per heavy atom. The van der Waals surface area contributed by atoms with Gasteiger partial charge in [0.15, 0.2) is 17.3 Å². The van der Waals surface area contributed by atoms with E-state index in [9.17, 15) is 5.11 Å². The number of hydrogen-bond acceptors (Lipinski definition) is 6. The van der Waals surface area contributed by atoms with Crippen molar-refractivity contribution >= 4 is 34.4 Å². The maximum Gasteiger partial charge on any atom is 0.216 e. The lowest BCUT2D eigenvalue weighted by atomic mass is 10.2. The number of nitrogens with one attached hydrogen (secondary N) is 1. The summed E-state index contributed by atoms with van der Waals surface area (Å²) in [6.45, 7) is 0. The molecule has 2 N–H and O–H groups in total. The molecule has 1 aromatic carbocycles. The number of aromatic hydroxyl groups is 1. The second-order valence-electron chi connectivity index (χ2n) is 4.70. The van der Waals surface area contributed by atoms with E-state index in [2.05, 4.69) is 36.2 Å². The molecule has 0 saturated carbocycles. The molecule has 0 fully saturated rings. The Hall–Kier alpha value is -2.52. The van der Waals surface area contributed by atoms with Crippen LogP contribution in [-0.2, 0) is 0 Å². The molecule has 0 saturated heterocycles. The Bertz CT molecular complexity index is 952. The number of aromatic amines is 1. The summed E-state index contributed by atoms with van der Waals surface area (Å²) in [5, 5.41) is 21.1. The van der Waals surface area contributed by atoms with Gasteiger partial charge in [-0.25, -0.2) is 5.10 Å². The van der Waals surface area contributed by atoms with Crippen molar-refractivity contribution in [3.05, 3.63) is 51.5 Å². The summed E-state index contributed by atoms with van der Waals surface area (Å²) in [7, 11) is 1.48. The summed E-state index contributed by atoms with van der Waals surface area (Å²) in [5.41, 5.74) is 1.55. The number of aromatic nitrogens is 4. The van der Waals surface area contributed by atoms with E-state index >= 15 is 0 Å². The van der Waals surface area contributed by atoms with Crippen molar-refractivity contribution in [3.8, 4) is 22.9 Å². The third kappa shape index (κ3) is 3.22. The number of H-pyrrole nitrogens is 1. The van der Waals surface area contributed by atoms with Crippen LogP contribution >= 0.6 is 28.1 Å². The summed E-state index contributed by atoms with van der Waals surface area (Å²) in [4.78, 5) is 3.98. The molecule has 0 amide bonds. The van der Waals surface area contributed by atoms with Crippen molar-refractivity contribution < 1.29 is 9.84 Å². The van der Waals surface area contributed by atoms with Crippen LogP contribution in [-0.4, -0.2) is 38.3 Å². The fourth-order valence-corrected chi connectivity index (χ4v) is 2.67. The minimum atomic E-state index is 0.0343. The van der Waals surface area contributed by atoms with Crippen LogP contribution < -0.4 is 4.74 Å². The molecule has 0 bridgehead atoms. The second kappa shape index (κ2) is 6.93. The molecule has 7 nitrogen and oxygen atoms in total. The lowest BCUT2D eigenvalue weighted by Crippen LogP contribution is -1.96. The molecule has 0 spiro atoms. The molecule has 9 heteroatoms. The molecular formula is C15H12BrN5O2S. The molecule has 0 aliphatic rings. The number of nitrogens with zero attached hydrogens (tertiary/aromatic N) is 4. The first kappa shape index (κ1) is 16.3. The first-order valence-corrected chi connectivity index (χ1v) is 7.99. The molecule has 0 aliphatic carbocycles. The van der Waals surface area contributed by atoms with Crippen LogP contribution in [0.4, 0.5) is 0 Å². The predicted molar refractivity (Wildman–Crippen MR) is 96.0 cm³/mol. The maximum atomic E-state index is 9.85. The SMILES string of the molecule is COc1cc(/C=N\n2c(-c3ccncc3)n[nH]c2=S)cc(Br)c1O. The number of hydrogen-bond donors (Lipinski definition) is 2. The number of rotatable bonds is 4. The van der Waals surface area contributed by atoms with E-state index in [0.717, 1.165) is 11.1 Å². The van der Waals surface area contributed by atoms with Gasteiger partial charge in [-0.3, -0.25) is 4.98 Å². The van der Waals surface area contributed by atoms with Gasteiger partial charge in [0.1, 0.15) is 0 Å². The third-order valence-corrected chi connectivity index (χ3v) is 4.05. The maximum absolute atomic E-state index is 9.85. The van der Waals surface area contributed by atoms with Crippen LogP contribution in [0.1, 0.15) is 5.56 Å². The Labute approximate surface area is 150 Å². The molecular weight excluding hydrogens is 394 g/mol. The number of ether oxygens (including phenoxy) is 1. The highest BCUT2D eigenvalue weighted by Crippen LogP contribution is 2.34. The van der Waals surface area contributed by atoms with Crippen molar-refractivity contribution in [1.29, 1.82) is 0 Å². The number of phenols is 1. The van der Waals surface area contributed by atoms with Gasteiger partial charge < -0.3 is 9.84 Å². The molecule has 0 radical (unpaired) electrons. The number of halogens is 1. The average Bonchev–Trinajstić information content (AvgIpc) is 2.97. The molecule has 122 valence electrons. The summed E-state index contributed by atoms with van der Waals surface area (Å²) in [5.74, 6) is 0.950. The summed E-state index contributed by atoms with van der Waals surface area (Å²) >= 11 is 8.50. The highest BCUT2D eigenvalue weighted by Gasteiger charge is 2.09. The van der Waals surface area contributed by atoms with Crippen LogP contribution in [0, 0.1) is 4.77 Å². The fourth-order valence-electron chi connectivity index (χ4n) is 2.03. The number of methoxy groups -OCH3 is 1. The topological polar surface area (TPSA) is 88.3 Å². The van der Waals surface area contributed by atoms with Crippen LogP contribution in [0.5, 0.6) is 11.5 Å². The third-order valence-electron chi connectivity index (χ3n) is 3.18. The average molecular weight is 406 g/mol. The molecule has 3 aromatic rings. The standard InChI is InChI=1S/C15H12BrN5O2S/c1-23-12-7-9(6-11(16)13(12)22)8-18-21-14(19-20-15(21)24)10-2-4-17-5-3-10/h2-8,22H,1H3,(H,20,24)/b18-8-. The summed E-state index contributed by atoms with van der Waals surface area (Å²) in [6, 6.07) is 7.02. The van der Waals surface area contributed by atoms with Crippen molar-refractivity contribution in [3.63, 3.8) is 0 Å². The van der Waals surface area contributed by atoms with Gasteiger partial charge in [0.25, 0.3) is 0 Å². The van der Waals surface area contributed by atoms with Crippen molar-refractivity contribution in [1.82, 2.24) is 19.9 Å². The van der Waals surface area contributed by atoms with Gasteiger partial charge >= 0.3 is 0 Å². The van der Waals surface area contributed by atoms with E-state index in [0.29, 0.717) is 20.8 Å².